The quantitative estimate of drug-likeness (QED) is 0.355. The minimum atomic E-state index is -0.875. The largest absolute Gasteiger partial charge is 0.481 e. The van der Waals surface area contributed by atoms with Crippen LogP contribution in [0.3, 0.4) is 0 Å². The van der Waals surface area contributed by atoms with Crippen LogP contribution in [0.25, 0.3) is 18.2 Å². The number of nitrogens with one attached hydrogen (secondary N) is 3. The highest BCUT2D eigenvalue weighted by molar-refractivity contribution is 6.31. The second kappa shape index (κ2) is 11.8. The van der Waals surface area contributed by atoms with Crippen molar-refractivity contribution in [2.45, 2.75) is 60.3 Å². The first kappa shape index (κ1) is 29.3. The normalized spacial score (nSPS) is 17.3. The van der Waals surface area contributed by atoms with Gasteiger partial charge in [-0.05, 0) is 86.6 Å². The highest BCUT2D eigenvalue weighted by Gasteiger charge is 2.23. The highest BCUT2D eigenvalue weighted by Crippen LogP contribution is 2.27. The van der Waals surface area contributed by atoms with Gasteiger partial charge >= 0.3 is 5.97 Å². The molecule has 0 aromatic carbocycles. The SMILES string of the molecule is C=CC1=C(C)C(C=c2[nH]c(=Cc3[nH]c(/C=C4\NC(=O)C(C)=C4C=C)c(C)c3CCC(=O)O)c(CCC)c2C)=NC1=O. The van der Waals surface area contributed by atoms with Gasteiger partial charge in [-0.1, -0.05) is 38.7 Å². The third kappa shape index (κ3) is 5.63. The average molecular weight is 553 g/mol. The molecule has 212 valence electrons. The predicted molar refractivity (Wildman–Crippen MR) is 163 cm³/mol. The predicted octanol–water partition coefficient (Wildman–Crippen LogP) is 4.00. The van der Waals surface area contributed by atoms with Gasteiger partial charge in [-0.2, -0.15) is 0 Å². The number of rotatable bonds is 10. The molecule has 8 nitrogen and oxygen atoms in total. The van der Waals surface area contributed by atoms with Crippen LogP contribution >= 0.6 is 0 Å². The van der Waals surface area contributed by atoms with E-state index in [1.165, 1.54) is 6.08 Å². The number of amides is 2. The Kier molecular flexibility index (Phi) is 8.42. The van der Waals surface area contributed by atoms with Gasteiger partial charge in [-0.15, -0.1) is 0 Å². The summed E-state index contributed by atoms with van der Waals surface area (Å²) in [7, 11) is 0. The molecule has 0 fully saturated rings. The summed E-state index contributed by atoms with van der Waals surface area (Å²) in [6, 6.07) is 0. The van der Waals surface area contributed by atoms with Gasteiger partial charge in [0, 0.05) is 45.2 Å². The molecular weight excluding hydrogens is 516 g/mol. The average Bonchev–Trinajstić information content (AvgIpc) is 3.56. The minimum Gasteiger partial charge on any atom is -0.481 e. The third-order valence-corrected chi connectivity index (χ3v) is 7.78. The molecule has 2 aromatic rings. The number of aliphatic carboxylic acids is 1. The molecule has 2 aromatic heterocycles. The lowest BCUT2D eigenvalue weighted by Crippen LogP contribution is -2.15. The van der Waals surface area contributed by atoms with Crippen LogP contribution in [0.2, 0.25) is 0 Å². The second-order valence-electron chi connectivity index (χ2n) is 10.3. The van der Waals surface area contributed by atoms with Crippen LogP contribution in [0, 0.1) is 13.8 Å². The lowest BCUT2D eigenvalue weighted by molar-refractivity contribution is -0.137. The Morgan fingerprint density at radius 2 is 1.56 bits per heavy atom. The standard InChI is InChI=1S/C33H36N4O4/c1-8-11-23-18(5)25(14-27-17(4)22(10-3)33(41)36-27)34-29(23)16-30-24(12-13-31(38)39)19(6)26(35-30)15-28-21(9-2)20(7)32(40)37-28/h9-10,14-16,34-35H,2-3,8,11-13H2,1,4-7H3,(H,37,40)(H,38,39)/b25-14?,28-15-,29-16?. The maximum atomic E-state index is 12.3. The Balaban J connectivity index is 1.90. The Labute approximate surface area is 239 Å². The first-order valence-corrected chi connectivity index (χ1v) is 13.7. The van der Waals surface area contributed by atoms with Crippen molar-refractivity contribution in [3.05, 3.63) is 97.6 Å². The molecule has 0 bridgehead atoms. The summed E-state index contributed by atoms with van der Waals surface area (Å²) < 4.78 is 0. The maximum absolute atomic E-state index is 12.3. The Morgan fingerprint density at radius 1 is 0.854 bits per heavy atom. The molecule has 4 heterocycles. The highest BCUT2D eigenvalue weighted by atomic mass is 16.4. The lowest BCUT2D eigenvalue weighted by Gasteiger charge is -2.02. The number of hydrogen-bond acceptors (Lipinski definition) is 3. The molecule has 0 saturated heterocycles. The maximum Gasteiger partial charge on any atom is 0.303 e. The number of allylic oxidation sites excluding steroid dienone is 2. The van der Waals surface area contributed by atoms with Gasteiger partial charge < -0.3 is 20.4 Å². The molecule has 2 amide bonds. The van der Waals surface area contributed by atoms with Crippen molar-refractivity contribution in [2.75, 3.05) is 0 Å². The summed E-state index contributed by atoms with van der Waals surface area (Å²) >= 11 is 0. The van der Waals surface area contributed by atoms with Crippen molar-refractivity contribution in [1.82, 2.24) is 15.3 Å². The molecule has 0 saturated carbocycles. The fourth-order valence-corrected chi connectivity index (χ4v) is 5.36. The molecular formula is C33H36N4O4. The Hall–Kier alpha value is -4.72. The van der Waals surface area contributed by atoms with E-state index in [0.717, 1.165) is 68.3 Å². The van der Waals surface area contributed by atoms with Crippen molar-refractivity contribution in [3.63, 3.8) is 0 Å². The first-order valence-electron chi connectivity index (χ1n) is 13.7. The zero-order chi connectivity index (χ0) is 30.0. The molecule has 0 unspecified atom stereocenters. The molecule has 4 N–H and O–H groups in total. The monoisotopic (exact) mass is 552 g/mol. The van der Waals surface area contributed by atoms with Crippen LogP contribution in [0.4, 0.5) is 0 Å². The van der Waals surface area contributed by atoms with E-state index >= 15 is 0 Å². The van der Waals surface area contributed by atoms with E-state index in [4.69, 9.17) is 0 Å². The zero-order valence-electron chi connectivity index (χ0n) is 24.2. The number of carboxylic acid groups (broad SMARTS) is 1. The smallest absolute Gasteiger partial charge is 0.303 e. The van der Waals surface area contributed by atoms with Crippen LogP contribution in [0.1, 0.15) is 67.3 Å². The van der Waals surface area contributed by atoms with Gasteiger partial charge in [0.1, 0.15) is 0 Å². The van der Waals surface area contributed by atoms with Crippen molar-refractivity contribution in [2.24, 2.45) is 4.99 Å². The summed E-state index contributed by atoms with van der Waals surface area (Å²) in [4.78, 5) is 47.2. The number of nitrogens with zero attached hydrogens (tertiary/aromatic N) is 1. The van der Waals surface area contributed by atoms with Gasteiger partial charge in [-0.3, -0.25) is 14.4 Å². The summed E-state index contributed by atoms with van der Waals surface area (Å²) in [5, 5.41) is 14.1. The molecule has 0 aliphatic carbocycles. The van der Waals surface area contributed by atoms with Crippen LogP contribution in [-0.2, 0) is 27.2 Å². The Bertz CT molecular complexity index is 1750. The first-order chi connectivity index (χ1) is 19.5. The second-order valence-corrected chi connectivity index (χ2v) is 10.3. The number of carboxylic acids is 1. The van der Waals surface area contributed by atoms with Crippen LogP contribution in [0.15, 0.2) is 58.3 Å². The molecule has 2 aliphatic heterocycles. The van der Waals surface area contributed by atoms with Gasteiger partial charge in [0.05, 0.1) is 11.4 Å². The molecule has 2 aliphatic rings. The van der Waals surface area contributed by atoms with Crippen molar-refractivity contribution in [1.29, 1.82) is 0 Å². The van der Waals surface area contributed by atoms with E-state index in [2.05, 4.69) is 40.4 Å². The molecule has 4 rings (SSSR count). The molecule has 8 heteroatoms. The van der Waals surface area contributed by atoms with E-state index in [-0.39, 0.29) is 18.2 Å². The van der Waals surface area contributed by atoms with Gasteiger partial charge in [0.25, 0.3) is 11.8 Å². The van der Waals surface area contributed by atoms with Crippen molar-refractivity contribution < 1.29 is 19.5 Å². The minimum absolute atomic E-state index is 0.0150. The van der Waals surface area contributed by atoms with Gasteiger partial charge in [0.15, 0.2) is 0 Å². The van der Waals surface area contributed by atoms with Crippen molar-refractivity contribution in [3.8, 4) is 0 Å². The number of aliphatic imine (C=N–C) groups is 1. The number of aromatic nitrogens is 2. The Morgan fingerprint density at radius 3 is 2.17 bits per heavy atom. The van der Waals surface area contributed by atoms with Crippen LogP contribution in [-0.4, -0.2) is 38.6 Å². The number of H-pyrrole nitrogens is 2. The number of carbonyl (C=O) groups excluding carboxylic acids is 2. The summed E-state index contributed by atoms with van der Waals surface area (Å²) in [5.41, 5.74) is 9.48. The number of aromatic amines is 2. The van der Waals surface area contributed by atoms with E-state index in [0.29, 0.717) is 29.0 Å². The summed E-state index contributed by atoms with van der Waals surface area (Å²) in [5.74, 6) is -1.33. The van der Waals surface area contributed by atoms with Crippen molar-refractivity contribution >= 4 is 41.7 Å². The van der Waals surface area contributed by atoms with E-state index in [1.807, 2.05) is 39.0 Å². The number of carbonyl (C=O) groups is 3. The molecule has 0 spiro atoms. The fourth-order valence-electron chi connectivity index (χ4n) is 5.36. The topological polar surface area (TPSA) is 127 Å². The van der Waals surface area contributed by atoms with Crippen LogP contribution < -0.4 is 16.0 Å². The van der Waals surface area contributed by atoms with Crippen LogP contribution in [0.5, 0.6) is 0 Å². The fraction of sp³-hybridized carbons (Fsp3) is 0.273. The number of hydrogen-bond donors (Lipinski definition) is 4. The van der Waals surface area contributed by atoms with Gasteiger partial charge in [0.2, 0.25) is 0 Å². The van der Waals surface area contributed by atoms with Gasteiger partial charge in [-0.25, -0.2) is 4.99 Å². The summed E-state index contributed by atoms with van der Waals surface area (Å²) in [6.45, 7) is 17.3. The zero-order valence-corrected chi connectivity index (χ0v) is 24.2. The van der Waals surface area contributed by atoms with E-state index in [9.17, 15) is 19.5 Å². The van der Waals surface area contributed by atoms with E-state index < -0.39 is 5.97 Å². The molecule has 41 heavy (non-hydrogen) atoms. The molecule has 0 atom stereocenters. The lowest BCUT2D eigenvalue weighted by atomic mass is 10.0. The summed E-state index contributed by atoms with van der Waals surface area (Å²) in [6.07, 6.45) is 11.1. The van der Waals surface area contributed by atoms with E-state index in [1.54, 1.807) is 13.0 Å². The third-order valence-electron chi connectivity index (χ3n) is 7.78. The molecule has 0 radical (unpaired) electrons.